The van der Waals surface area contributed by atoms with E-state index >= 15 is 0 Å². The van der Waals surface area contributed by atoms with E-state index in [-0.39, 0.29) is 11.6 Å². The molecule has 1 amide bonds. The molecule has 0 aliphatic heterocycles. The number of aromatic nitrogens is 3. The third-order valence-corrected chi connectivity index (χ3v) is 8.34. The van der Waals surface area contributed by atoms with E-state index in [1.807, 2.05) is 86.6 Å². The first-order chi connectivity index (χ1) is 18.6. The van der Waals surface area contributed by atoms with Gasteiger partial charge in [-0.2, -0.15) is 9.61 Å². The number of fused-ring (bicyclic) bond motifs is 1. The van der Waals surface area contributed by atoms with E-state index in [0.717, 1.165) is 28.7 Å². The maximum absolute atomic E-state index is 14.2. The van der Waals surface area contributed by atoms with Crippen LogP contribution in [0.25, 0.3) is 5.52 Å². The molecule has 2 aromatic heterocycles. The summed E-state index contributed by atoms with van der Waals surface area (Å²) in [5, 5.41) is 4.87. The van der Waals surface area contributed by atoms with E-state index < -0.39 is 5.54 Å². The van der Waals surface area contributed by atoms with Crippen LogP contribution in [0.3, 0.4) is 0 Å². The zero-order valence-corrected chi connectivity index (χ0v) is 25.5. The van der Waals surface area contributed by atoms with Crippen molar-refractivity contribution < 1.29 is 4.79 Å². The van der Waals surface area contributed by atoms with E-state index in [9.17, 15) is 9.59 Å². The molecule has 2 heterocycles. The molecule has 0 saturated carbocycles. The molecule has 9 heteroatoms. The van der Waals surface area contributed by atoms with Crippen LogP contribution in [0.4, 0.5) is 0 Å². The molecule has 0 saturated heterocycles. The Morgan fingerprint density at radius 3 is 2.36 bits per heavy atom. The van der Waals surface area contributed by atoms with E-state index in [1.165, 1.54) is 4.52 Å². The van der Waals surface area contributed by atoms with Gasteiger partial charge < -0.3 is 9.80 Å². The first-order valence-corrected chi connectivity index (χ1v) is 14.3. The summed E-state index contributed by atoms with van der Waals surface area (Å²) in [6, 6.07) is 19.2. The fourth-order valence-corrected chi connectivity index (χ4v) is 5.40. The average molecular weight is 613 g/mol. The minimum absolute atomic E-state index is 0.0834. The van der Waals surface area contributed by atoms with Gasteiger partial charge in [0.1, 0.15) is 0 Å². The monoisotopic (exact) mass is 611 g/mol. The van der Waals surface area contributed by atoms with Crippen molar-refractivity contribution in [3.63, 3.8) is 0 Å². The Labute approximate surface area is 243 Å². The summed E-state index contributed by atoms with van der Waals surface area (Å²) < 4.78 is 4.01. The van der Waals surface area contributed by atoms with Crippen LogP contribution in [-0.4, -0.2) is 57.1 Å². The summed E-state index contributed by atoms with van der Waals surface area (Å²) in [5.74, 6) is -0.0834. The van der Waals surface area contributed by atoms with Gasteiger partial charge >= 0.3 is 5.69 Å². The molecule has 0 aliphatic carbocycles. The lowest BCUT2D eigenvalue weighted by atomic mass is 9.89. The summed E-state index contributed by atoms with van der Waals surface area (Å²) in [4.78, 5) is 32.2. The lowest BCUT2D eigenvalue weighted by Gasteiger charge is -2.42. The quantitative estimate of drug-likeness (QED) is 0.221. The third kappa shape index (κ3) is 5.98. The highest BCUT2D eigenvalue weighted by Gasteiger charge is 2.39. The number of hydrogen-bond acceptors (Lipinski definition) is 4. The number of amides is 1. The molecule has 7 nitrogen and oxygen atoms in total. The standard InChI is InChI=1S/C30H35BrClN5O2/c1-6-30(3,36(18-10-17-34(4)5)28(38)23-13-15-24(31)16-14-23)26-19-25-27(32)21(2)33-37(25)29(39)35(26)20-22-11-8-7-9-12-22/h7-9,11-16,19H,6,10,17-18,20H2,1-5H3. The highest BCUT2D eigenvalue weighted by Crippen LogP contribution is 2.35. The molecule has 0 N–H and O–H groups in total. The molecule has 0 bridgehead atoms. The molecule has 0 spiro atoms. The molecule has 4 rings (SSSR count). The molecule has 1 unspecified atom stereocenters. The second kappa shape index (κ2) is 12.1. The van der Waals surface area contributed by atoms with Gasteiger partial charge in [-0.3, -0.25) is 9.36 Å². The van der Waals surface area contributed by atoms with Gasteiger partial charge in [-0.25, -0.2) is 4.79 Å². The Bertz CT molecular complexity index is 1510. The first kappa shape index (κ1) is 29.1. The molecule has 0 radical (unpaired) electrons. The Morgan fingerprint density at radius 2 is 1.74 bits per heavy atom. The molecular weight excluding hydrogens is 578 g/mol. The van der Waals surface area contributed by atoms with Gasteiger partial charge in [0, 0.05) is 16.6 Å². The number of hydrogen-bond donors (Lipinski definition) is 0. The number of carbonyl (C=O) groups is 1. The van der Waals surface area contributed by atoms with Crippen LogP contribution < -0.4 is 5.69 Å². The number of nitrogens with zero attached hydrogens (tertiary/aromatic N) is 5. The molecule has 0 aliphatic rings. The first-order valence-electron chi connectivity index (χ1n) is 13.1. The van der Waals surface area contributed by atoms with Crippen LogP contribution in [0.5, 0.6) is 0 Å². The van der Waals surface area contributed by atoms with E-state index in [2.05, 4.69) is 32.9 Å². The fraction of sp³-hybridized carbons (Fsp3) is 0.367. The lowest BCUT2D eigenvalue weighted by Crippen LogP contribution is -2.51. The minimum atomic E-state index is -0.812. The Balaban J connectivity index is 1.94. The van der Waals surface area contributed by atoms with E-state index in [1.54, 1.807) is 11.5 Å². The highest BCUT2D eigenvalue weighted by molar-refractivity contribution is 9.10. The van der Waals surface area contributed by atoms with Gasteiger partial charge in [0.15, 0.2) is 0 Å². The molecule has 2 aromatic carbocycles. The zero-order chi connectivity index (χ0) is 28.3. The maximum atomic E-state index is 14.2. The van der Waals surface area contributed by atoms with Gasteiger partial charge in [-0.1, -0.05) is 64.8 Å². The zero-order valence-electron chi connectivity index (χ0n) is 23.1. The summed E-state index contributed by atoms with van der Waals surface area (Å²) in [6.45, 7) is 7.58. The summed E-state index contributed by atoms with van der Waals surface area (Å²) in [5.41, 5.74) is 2.33. The summed E-state index contributed by atoms with van der Waals surface area (Å²) >= 11 is 10.1. The number of aryl methyl sites for hydroxylation is 1. The van der Waals surface area contributed by atoms with Crippen molar-refractivity contribution in [2.45, 2.75) is 45.7 Å². The van der Waals surface area contributed by atoms with Crippen molar-refractivity contribution in [2.24, 2.45) is 0 Å². The number of rotatable bonds is 10. The second-order valence-electron chi connectivity index (χ2n) is 10.3. The van der Waals surface area contributed by atoms with Crippen molar-refractivity contribution in [2.75, 3.05) is 27.2 Å². The van der Waals surface area contributed by atoms with Crippen LogP contribution in [0.2, 0.25) is 5.02 Å². The van der Waals surface area contributed by atoms with Crippen LogP contribution in [0.1, 0.15) is 54.0 Å². The average Bonchev–Trinajstić information content (AvgIpc) is 3.21. The SMILES string of the molecule is CCC(C)(c1cc2c(Cl)c(C)nn2c(=O)n1Cc1ccccc1)N(CCCN(C)C)C(=O)c1ccc(Br)cc1. The van der Waals surface area contributed by atoms with Gasteiger partial charge in [-0.05, 0) is 83.2 Å². The van der Waals surface area contributed by atoms with Crippen molar-refractivity contribution in [3.8, 4) is 0 Å². The van der Waals surface area contributed by atoms with Crippen LogP contribution in [0.15, 0.2) is 69.9 Å². The van der Waals surface area contributed by atoms with E-state index in [0.29, 0.717) is 41.3 Å². The molecular formula is C30H35BrClN5O2. The largest absolute Gasteiger partial charge is 0.349 e. The summed E-state index contributed by atoms with van der Waals surface area (Å²) in [6.07, 6.45) is 1.37. The van der Waals surface area contributed by atoms with Crippen molar-refractivity contribution in [3.05, 3.63) is 103 Å². The van der Waals surface area contributed by atoms with Gasteiger partial charge in [0.25, 0.3) is 5.91 Å². The third-order valence-electron chi connectivity index (χ3n) is 7.34. The predicted molar refractivity (Wildman–Crippen MR) is 161 cm³/mol. The van der Waals surface area contributed by atoms with Gasteiger partial charge in [-0.15, -0.1) is 0 Å². The predicted octanol–water partition coefficient (Wildman–Crippen LogP) is 5.99. The molecule has 4 aromatic rings. The second-order valence-corrected chi connectivity index (χ2v) is 11.6. The molecule has 1 atom stereocenters. The Kier molecular flexibility index (Phi) is 8.99. The van der Waals surface area contributed by atoms with Crippen molar-refractivity contribution in [1.29, 1.82) is 0 Å². The number of benzene rings is 2. The highest BCUT2D eigenvalue weighted by atomic mass is 79.9. The Hall–Kier alpha value is -2.94. The molecule has 39 heavy (non-hydrogen) atoms. The Morgan fingerprint density at radius 1 is 1.08 bits per heavy atom. The smallest absolute Gasteiger partial charge is 0.328 e. The van der Waals surface area contributed by atoms with Crippen LogP contribution in [-0.2, 0) is 12.1 Å². The maximum Gasteiger partial charge on any atom is 0.349 e. The topological polar surface area (TPSA) is 62.9 Å². The fourth-order valence-electron chi connectivity index (χ4n) is 4.96. The number of halogens is 2. The van der Waals surface area contributed by atoms with Crippen molar-refractivity contribution in [1.82, 2.24) is 24.0 Å². The van der Waals surface area contributed by atoms with E-state index in [4.69, 9.17) is 11.6 Å². The van der Waals surface area contributed by atoms with Crippen molar-refractivity contribution >= 4 is 39.0 Å². The van der Waals surface area contributed by atoms with Gasteiger partial charge in [0.05, 0.1) is 34.0 Å². The minimum Gasteiger partial charge on any atom is -0.328 e. The van der Waals surface area contributed by atoms with Crippen LogP contribution >= 0.6 is 27.5 Å². The van der Waals surface area contributed by atoms with Crippen LogP contribution in [0, 0.1) is 6.92 Å². The summed E-state index contributed by atoms with van der Waals surface area (Å²) in [7, 11) is 4.05. The van der Waals surface area contributed by atoms with Gasteiger partial charge in [0.2, 0.25) is 0 Å². The molecule has 206 valence electrons. The molecule has 0 fully saturated rings. The normalized spacial score (nSPS) is 13.1. The lowest BCUT2D eigenvalue weighted by molar-refractivity contribution is 0.0453. The number of carbonyl (C=O) groups excluding carboxylic acids is 1.